The Labute approximate surface area is 74.1 Å². The number of rotatable bonds is 7. The van der Waals surface area contributed by atoms with E-state index in [1.807, 2.05) is 0 Å². The molecule has 0 aliphatic rings. The minimum atomic E-state index is 0.225. The van der Waals surface area contributed by atoms with Gasteiger partial charge in [-0.3, -0.25) is 4.99 Å². The number of hydrogen-bond donors (Lipinski definition) is 1. The van der Waals surface area contributed by atoms with E-state index < -0.39 is 0 Å². The average Bonchev–Trinajstić information content (AvgIpc) is 2.10. The normalized spacial score (nSPS) is 13.4. The molecule has 0 aliphatic heterocycles. The zero-order chi connectivity index (χ0) is 9.23. The zero-order valence-electron chi connectivity index (χ0n) is 7.70. The second-order valence-electron chi connectivity index (χ2n) is 2.88. The van der Waals surface area contributed by atoms with Gasteiger partial charge in [-0.1, -0.05) is 13.3 Å². The van der Waals surface area contributed by atoms with Crippen LogP contribution in [0.1, 0.15) is 32.6 Å². The van der Waals surface area contributed by atoms with Crippen LogP contribution in [-0.4, -0.2) is 19.2 Å². The molecule has 70 valence electrons. The third kappa shape index (κ3) is 5.89. The van der Waals surface area contributed by atoms with Gasteiger partial charge in [-0.05, 0) is 19.3 Å². The number of nitrogens with two attached hydrogens (primary N) is 1. The van der Waals surface area contributed by atoms with E-state index in [1.54, 1.807) is 0 Å². The number of carbonyl (C=O) groups is 1. The summed E-state index contributed by atoms with van der Waals surface area (Å²) in [6.07, 6.45) is 6.33. The molecule has 0 saturated carbocycles. The fraction of sp³-hybridized carbons (Fsp3) is 0.778. The lowest BCUT2D eigenvalue weighted by Gasteiger charge is -2.05. The van der Waals surface area contributed by atoms with Crippen molar-refractivity contribution in [3.05, 3.63) is 0 Å². The molecule has 3 nitrogen and oxygen atoms in total. The van der Waals surface area contributed by atoms with Crippen molar-refractivity contribution < 1.29 is 4.79 Å². The molecular weight excluding hydrogens is 152 g/mol. The predicted molar refractivity (Wildman–Crippen MR) is 51.2 cm³/mol. The van der Waals surface area contributed by atoms with Gasteiger partial charge < -0.3 is 10.5 Å². The van der Waals surface area contributed by atoms with Gasteiger partial charge in [0, 0.05) is 12.5 Å². The van der Waals surface area contributed by atoms with E-state index in [0.29, 0.717) is 0 Å². The van der Waals surface area contributed by atoms with Gasteiger partial charge in [0.2, 0.25) is 0 Å². The second-order valence-corrected chi connectivity index (χ2v) is 2.88. The van der Waals surface area contributed by atoms with Crippen LogP contribution in [0.5, 0.6) is 0 Å². The number of aliphatic imine (C=N–C) groups is 1. The van der Waals surface area contributed by atoms with Crippen LogP contribution < -0.4 is 5.73 Å². The molecule has 0 aromatic carbocycles. The largest absolute Gasteiger partial charge is 0.390 e. The highest BCUT2D eigenvalue weighted by Gasteiger charge is 2.04. The van der Waals surface area contributed by atoms with Crippen molar-refractivity contribution in [1.82, 2.24) is 0 Å². The second kappa shape index (κ2) is 8.24. The van der Waals surface area contributed by atoms with Crippen molar-refractivity contribution in [3.63, 3.8) is 0 Å². The Morgan fingerprint density at radius 3 is 2.75 bits per heavy atom. The van der Waals surface area contributed by atoms with E-state index in [1.165, 1.54) is 6.34 Å². The summed E-state index contributed by atoms with van der Waals surface area (Å²) in [5.41, 5.74) is 5.08. The molecule has 0 radical (unpaired) electrons. The first-order chi connectivity index (χ1) is 5.85. The molecule has 0 aromatic heterocycles. The highest BCUT2D eigenvalue weighted by atomic mass is 16.1. The molecule has 0 aliphatic carbocycles. The van der Waals surface area contributed by atoms with Crippen LogP contribution in [0.25, 0.3) is 0 Å². The highest BCUT2D eigenvalue weighted by molar-refractivity contribution is 5.53. The fourth-order valence-corrected chi connectivity index (χ4v) is 1.17. The maximum Gasteiger partial charge on any atom is 0.123 e. The first-order valence-corrected chi connectivity index (χ1v) is 4.50. The summed E-state index contributed by atoms with van der Waals surface area (Å²) in [7, 11) is 0. The number of nitrogens with zero attached hydrogens (tertiary/aromatic N) is 1. The van der Waals surface area contributed by atoms with E-state index in [0.717, 1.165) is 38.5 Å². The van der Waals surface area contributed by atoms with Gasteiger partial charge in [-0.2, -0.15) is 0 Å². The standard InChI is InChI=1S/C9H18N2O/c1-2-4-9(7-12)5-3-6-11-8-10/h7-9H,2-6H2,1H3,(H2,10,11). The summed E-state index contributed by atoms with van der Waals surface area (Å²) in [5, 5.41) is 0. The molecule has 12 heavy (non-hydrogen) atoms. The first kappa shape index (κ1) is 11.1. The molecule has 0 fully saturated rings. The maximum atomic E-state index is 10.5. The average molecular weight is 170 g/mol. The van der Waals surface area contributed by atoms with E-state index in [2.05, 4.69) is 11.9 Å². The van der Waals surface area contributed by atoms with Gasteiger partial charge in [0.25, 0.3) is 0 Å². The van der Waals surface area contributed by atoms with Crippen LogP contribution >= 0.6 is 0 Å². The quantitative estimate of drug-likeness (QED) is 0.271. The lowest BCUT2D eigenvalue weighted by atomic mass is 10.00. The predicted octanol–water partition coefficient (Wildman–Crippen LogP) is 1.37. The van der Waals surface area contributed by atoms with Gasteiger partial charge in [-0.25, -0.2) is 0 Å². The van der Waals surface area contributed by atoms with Crippen molar-refractivity contribution in [2.24, 2.45) is 16.6 Å². The summed E-state index contributed by atoms with van der Waals surface area (Å²) in [4.78, 5) is 14.4. The Balaban J connectivity index is 3.37. The van der Waals surface area contributed by atoms with Gasteiger partial charge in [0.1, 0.15) is 6.29 Å². The van der Waals surface area contributed by atoms with Crippen LogP contribution in [0.15, 0.2) is 4.99 Å². The van der Waals surface area contributed by atoms with Crippen molar-refractivity contribution in [3.8, 4) is 0 Å². The Morgan fingerprint density at radius 1 is 1.50 bits per heavy atom. The van der Waals surface area contributed by atoms with Crippen molar-refractivity contribution >= 4 is 12.6 Å². The topological polar surface area (TPSA) is 55.5 Å². The van der Waals surface area contributed by atoms with Gasteiger partial charge in [-0.15, -0.1) is 0 Å². The third-order valence-electron chi connectivity index (χ3n) is 1.82. The van der Waals surface area contributed by atoms with Crippen LogP contribution in [0, 0.1) is 5.92 Å². The summed E-state index contributed by atoms with van der Waals surface area (Å²) in [5.74, 6) is 0.225. The van der Waals surface area contributed by atoms with Crippen LogP contribution in [-0.2, 0) is 4.79 Å². The van der Waals surface area contributed by atoms with E-state index >= 15 is 0 Å². The van der Waals surface area contributed by atoms with Crippen molar-refractivity contribution in [2.45, 2.75) is 32.6 Å². The van der Waals surface area contributed by atoms with Crippen LogP contribution in [0.3, 0.4) is 0 Å². The molecule has 3 heteroatoms. The minimum absolute atomic E-state index is 0.225. The lowest BCUT2D eigenvalue weighted by Crippen LogP contribution is -2.02. The third-order valence-corrected chi connectivity index (χ3v) is 1.82. The molecule has 0 spiro atoms. The maximum absolute atomic E-state index is 10.5. The Bertz CT molecular complexity index is 134. The van der Waals surface area contributed by atoms with E-state index in [9.17, 15) is 4.79 Å². The summed E-state index contributed by atoms with van der Waals surface area (Å²) in [6, 6.07) is 0. The highest BCUT2D eigenvalue weighted by Crippen LogP contribution is 2.10. The molecule has 0 aromatic rings. The Kier molecular flexibility index (Phi) is 7.65. The number of carbonyl (C=O) groups excluding carboxylic acids is 1. The van der Waals surface area contributed by atoms with E-state index in [-0.39, 0.29) is 5.92 Å². The summed E-state index contributed by atoms with van der Waals surface area (Å²) < 4.78 is 0. The van der Waals surface area contributed by atoms with Gasteiger partial charge in [0.15, 0.2) is 0 Å². The first-order valence-electron chi connectivity index (χ1n) is 4.50. The molecule has 0 heterocycles. The van der Waals surface area contributed by atoms with Crippen LogP contribution in [0.4, 0.5) is 0 Å². The molecule has 1 unspecified atom stereocenters. The SMILES string of the molecule is CCCC(C=O)CCCN=CN. The van der Waals surface area contributed by atoms with Gasteiger partial charge in [0.05, 0.1) is 6.34 Å². The lowest BCUT2D eigenvalue weighted by molar-refractivity contribution is -0.111. The van der Waals surface area contributed by atoms with Crippen LogP contribution in [0.2, 0.25) is 0 Å². The summed E-state index contributed by atoms with van der Waals surface area (Å²) >= 11 is 0. The summed E-state index contributed by atoms with van der Waals surface area (Å²) in [6.45, 7) is 2.83. The molecule has 0 saturated heterocycles. The molecule has 0 bridgehead atoms. The number of aldehydes is 1. The van der Waals surface area contributed by atoms with Crippen molar-refractivity contribution in [2.75, 3.05) is 6.54 Å². The molecule has 0 amide bonds. The Morgan fingerprint density at radius 2 is 2.25 bits per heavy atom. The fourth-order valence-electron chi connectivity index (χ4n) is 1.17. The zero-order valence-corrected chi connectivity index (χ0v) is 7.70. The number of hydrogen-bond acceptors (Lipinski definition) is 2. The monoisotopic (exact) mass is 170 g/mol. The molecule has 0 rings (SSSR count). The smallest absolute Gasteiger partial charge is 0.123 e. The molecule has 2 N–H and O–H groups in total. The van der Waals surface area contributed by atoms with Gasteiger partial charge >= 0.3 is 0 Å². The van der Waals surface area contributed by atoms with E-state index in [4.69, 9.17) is 5.73 Å². The minimum Gasteiger partial charge on any atom is -0.390 e. The van der Waals surface area contributed by atoms with Crippen molar-refractivity contribution in [1.29, 1.82) is 0 Å². The molecular formula is C9H18N2O. The Hall–Kier alpha value is -0.860. The molecule has 1 atom stereocenters.